The lowest BCUT2D eigenvalue weighted by Gasteiger charge is -2.32. The van der Waals surface area contributed by atoms with Gasteiger partial charge in [0.2, 0.25) is 0 Å². The number of carbonyl (C=O) groups excluding carboxylic acids is 1. The van der Waals surface area contributed by atoms with E-state index in [2.05, 4.69) is 0 Å². The first-order valence-corrected chi connectivity index (χ1v) is 8.79. The molecular weight excluding hydrogens is 308 g/mol. The van der Waals surface area contributed by atoms with Crippen LogP contribution in [0.2, 0.25) is 0 Å². The quantitative estimate of drug-likeness (QED) is 0.849. The number of piperidine rings is 1. The van der Waals surface area contributed by atoms with Crippen LogP contribution in [0.1, 0.15) is 37.8 Å². The fraction of sp³-hybridized carbons (Fsp3) is 0.667. The maximum absolute atomic E-state index is 12.1. The molecule has 6 nitrogen and oxygen atoms in total. The number of carbonyl (C=O) groups is 1. The van der Waals surface area contributed by atoms with E-state index in [1.807, 2.05) is 13.0 Å². The molecule has 0 unspecified atom stereocenters. The monoisotopic (exact) mass is 334 g/mol. The number of ether oxygens (including phenoxy) is 2. The Kier molecular flexibility index (Phi) is 5.11. The van der Waals surface area contributed by atoms with Gasteiger partial charge in [-0.15, -0.1) is 0 Å². The highest BCUT2D eigenvalue weighted by Gasteiger charge is 2.26. The fourth-order valence-corrected chi connectivity index (χ4v) is 3.09. The molecule has 0 radical (unpaired) electrons. The van der Waals surface area contributed by atoms with Gasteiger partial charge in [-0.3, -0.25) is 4.79 Å². The van der Waals surface area contributed by atoms with Gasteiger partial charge in [-0.1, -0.05) is 6.42 Å². The van der Waals surface area contributed by atoms with E-state index in [1.165, 1.54) is 25.3 Å². The summed E-state index contributed by atoms with van der Waals surface area (Å²) in [5, 5.41) is 0. The smallest absolute Gasteiger partial charge is 0.409 e. The Labute approximate surface area is 142 Å². The minimum atomic E-state index is -0.204. The van der Waals surface area contributed by atoms with Gasteiger partial charge in [0.1, 0.15) is 11.9 Å². The van der Waals surface area contributed by atoms with Gasteiger partial charge in [0.05, 0.1) is 6.61 Å². The lowest BCUT2D eigenvalue weighted by Crippen LogP contribution is -2.42. The number of hydrogen-bond acceptors (Lipinski definition) is 4. The van der Waals surface area contributed by atoms with Crippen LogP contribution in [0.15, 0.2) is 16.9 Å². The van der Waals surface area contributed by atoms with Crippen LogP contribution in [-0.2, 0) is 11.8 Å². The molecule has 2 aliphatic rings. The number of hydrogen-bond donors (Lipinski definition) is 0. The van der Waals surface area contributed by atoms with E-state index in [0.717, 1.165) is 18.5 Å². The third kappa shape index (κ3) is 3.91. The Balaban J connectivity index is 1.46. The van der Waals surface area contributed by atoms with Crippen LogP contribution in [0.4, 0.5) is 4.79 Å². The van der Waals surface area contributed by atoms with Crippen molar-refractivity contribution in [2.75, 3.05) is 19.7 Å². The molecule has 1 saturated heterocycles. The number of aromatic nitrogens is 1. The van der Waals surface area contributed by atoms with Gasteiger partial charge in [-0.05, 0) is 31.7 Å². The zero-order valence-electron chi connectivity index (χ0n) is 14.5. The minimum Gasteiger partial charge on any atom is -0.490 e. The number of nitrogens with zero attached hydrogens (tertiary/aromatic N) is 2. The van der Waals surface area contributed by atoms with Gasteiger partial charge in [0.15, 0.2) is 0 Å². The molecule has 0 atom stereocenters. The molecule has 24 heavy (non-hydrogen) atoms. The van der Waals surface area contributed by atoms with Crippen LogP contribution in [0.25, 0.3) is 0 Å². The van der Waals surface area contributed by atoms with E-state index < -0.39 is 0 Å². The van der Waals surface area contributed by atoms with Crippen molar-refractivity contribution in [1.29, 1.82) is 0 Å². The Hall–Kier alpha value is -1.98. The third-order valence-corrected chi connectivity index (χ3v) is 5.15. The molecule has 2 heterocycles. The first-order valence-electron chi connectivity index (χ1n) is 8.79. The molecule has 1 aliphatic heterocycles. The average molecular weight is 334 g/mol. The van der Waals surface area contributed by atoms with Crippen LogP contribution >= 0.6 is 0 Å². The highest BCUT2D eigenvalue weighted by atomic mass is 16.6. The lowest BCUT2D eigenvalue weighted by atomic mass is 9.86. The van der Waals surface area contributed by atoms with Crippen molar-refractivity contribution in [1.82, 2.24) is 9.47 Å². The Morgan fingerprint density at radius 2 is 1.92 bits per heavy atom. The van der Waals surface area contributed by atoms with E-state index in [9.17, 15) is 9.59 Å². The SMILES string of the molecule is Cc1cc(OC2CCN(C(=O)OCC3CCC3)CC2)cc(=O)n1C. The maximum Gasteiger partial charge on any atom is 0.409 e. The van der Waals surface area contributed by atoms with Gasteiger partial charge >= 0.3 is 6.09 Å². The molecule has 6 heteroatoms. The molecule has 1 saturated carbocycles. The predicted octanol–water partition coefficient (Wildman–Crippen LogP) is 2.47. The van der Waals surface area contributed by atoms with E-state index in [-0.39, 0.29) is 17.8 Å². The van der Waals surface area contributed by atoms with Crippen molar-refractivity contribution in [3.63, 3.8) is 0 Å². The Bertz CT molecular complexity index is 643. The van der Waals surface area contributed by atoms with E-state index >= 15 is 0 Å². The zero-order chi connectivity index (χ0) is 17.1. The molecule has 1 aliphatic carbocycles. The summed E-state index contributed by atoms with van der Waals surface area (Å²) < 4.78 is 12.9. The summed E-state index contributed by atoms with van der Waals surface area (Å²) in [6, 6.07) is 3.40. The average Bonchev–Trinajstić information content (AvgIpc) is 2.51. The van der Waals surface area contributed by atoms with Gasteiger partial charge < -0.3 is 18.9 Å². The summed E-state index contributed by atoms with van der Waals surface area (Å²) in [5.74, 6) is 1.18. The van der Waals surface area contributed by atoms with Crippen LogP contribution in [-0.4, -0.2) is 41.4 Å². The summed E-state index contributed by atoms with van der Waals surface area (Å²) in [6.07, 6.45) is 4.96. The van der Waals surface area contributed by atoms with Crippen molar-refractivity contribution < 1.29 is 14.3 Å². The molecule has 2 fully saturated rings. The summed E-state index contributed by atoms with van der Waals surface area (Å²) in [7, 11) is 1.75. The summed E-state index contributed by atoms with van der Waals surface area (Å²) in [4.78, 5) is 25.6. The molecule has 0 aromatic carbocycles. The Morgan fingerprint density at radius 1 is 1.21 bits per heavy atom. The van der Waals surface area contributed by atoms with Gasteiger partial charge in [-0.25, -0.2) is 4.79 Å². The van der Waals surface area contributed by atoms with Crippen molar-refractivity contribution in [2.24, 2.45) is 13.0 Å². The standard InChI is InChI=1S/C18H26N2O4/c1-13-10-16(11-17(21)19(13)2)24-15-6-8-20(9-7-15)18(22)23-12-14-4-3-5-14/h10-11,14-15H,3-9,12H2,1-2H3. The van der Waals surface area contributed by atoms with Crippen molar-refractivity contribution in [2.45, 2.75) is 45.1 Å². The highest BCUT2D eigenvalue weighted by molar-refractivity contribution is 5.67. The minimum absolute atomic E-state index is 0.0344. The van der Waals surface area contributed by atoms with Gasteiger partial charge in [0, 0.05) is 44.7 Å². The second kappa shape index (κ2) is 7.28. The molecule has 1 aromatic rings. The van der Waals surface area contributed by atoms with Crippen molar-refractivity contribution in [3.05, 3.63) is 28.2 Å². The molecule has 132 valence electrons. The molecule has 0 bridgehead atoms. The summed E-state index contributed by atoms with van der Waals surface area (Å²) in [6.45, 7) is 3.72. The normalized spacial score (nSPS) is 19.0. The van der Waals surface area contributed by atoms with Gasteiger partial charge in [-0.2, -0.15) is 0 Å². The van der Waals surface area contributed by atoms with Gasteiger partial charge in [0.25, 0.3) is 5.56 Å². The molecule has 0 N–H and O–H groups in total. The molecule has 1 amide bonds. The number of pyridine rings is 1. The highest BCUT2D eigenvalue weighted by Crippen LogP contribution is 2.26. The second-order valence-electron chi connectivity index (χ2n) is 6.91. The number of rotatable bonds is 4. The van der Waals surface area contributed by atoms with Crippen molar-refractivity contribution in [3.8, 4) is 5.75 Å². The lowest BCUT2D eigenvalue weighted by molar-refractivity contribution is 0.0499. The Morgan fingerprint density at radius 3 is 2.50 bits per heavy atom. The first kappa shape index (κ1) is 16.9. The summed E-state index contributed by atoms with van der Waals surface area (Å²) >= 11 is 0. The zero-order valence-corrected chi connectivity index (χ0v) is 14.5. The molecule has 0 spiro atoms. The first-order chi connectivity index (χ1) is 11.5. The van der Waals surface area contributed by atoms with Crippen molar-refractivity contribution >= 4 is 6.09 Å². The second-order valence-corrected chi connectivity index (χ2v) is 6.91. The van der Waals surface area contributed by atoms with Crippen LogP contribution in [0, 0.1) is 12.8 Å². The molecule has 1 aromatic heterocycles. The predicted molar refractivity (Wildman–Crippen MR) is 90.3 cm³/mol. The van der Waals surface area contributed by atoms with E-state index in [4.69, 9.17) is 9.47 Å². The summed E-state index contributed by atoms with van der Waals surface area (Å²) in [5.41, 5.74) is 0.802. The van der Waals surface area contributed by atoms with Crippen LogP contribution in [0.3, 0.4) is 0 Å². The number of amides is 1. The number of aryl methyl sites for hydroxylation is 1. The van der Waals surface area contributed by atoms with E-state index in [1.54, 1.807) is 16.5 Å². The molecular formula is C18H26N2O4. The van der Waals surface area contributed by atoms with Crippen LogP contribution < -0.4 is 10.3 Å². The van der Waals surface area contributed by atoms with E-state index in [0.29, 0.717) is 31.4 Å². The fourth-order valence-electron chi connectivity index (χ4n) is 3.09. The molecule has 3 rings (SSSR count). The largest absolute Gasteiger partial charge is 0.490 e. The maximum atomic E-state index is 12.1. The number of likely N-dealkylation sites (tertiary alicyclic amines) is 1. The topological polar surface area (TPSA) is 60.8 Å². The van der Waals surface area contributed by atoms with Crippen LogP contribution in [0.5, 0.6) is 5.75 Å². The third-order valence-electron chi connectivity index (χ3n) is 5.15.